The van der Waals surface area contributed by atoms with Crippen LogP contribution in [0.2, 0.25) is 5.02 Å². The van der Waals surface area contributed by atoms with Gasteiger partial charge < -0.3 is 5.32 Å². The number of hydrogen-bond donors (Lipinski definition) is 1. The number of fused-ring (bicyclic) bond motifs is 1. The molecular weight excluding hydrogens is 456 g/mol. The van der Waals surface area contributed by atoms with Gasteiger partial charge in [0, 0.05) is 5.02 Å². The van der Waals surface area contributed by atoms with Crippen LogP contribution in [0.25, 0.3) is 0 Å². The number of benzene rings is 3. The molecule has 0 saturated heterocycles. The van der Waals surface area contributed by atoms with Crippen molar-refractivity contribution in [2.45, 2.75) is 44.0 Å². The van der Waals surface area contributed by atoms with Crippen molar-refractivity contribution in [2.24, 2.45) is 0 Å². The first-order chi connectivity index (χ1) is 15.8. The molecule has 5 nitrogen and oxygen atoms in total. The van der Waals surface area contributed by atoms with E-state index in [0.29, 0.717) is 10.7 Å². The summed E-state index contributed by atoms with van der Waals surface area (Å²) in [6.45, 7) is 3.57. The largest absolute Gasteiger partial charge is 0.348 e. The van der Waals surface area contributed by atoms with E-state index in [0.717, 1.165) is 36.0 Å². The average molecular weight is 483 g/mol. The number of halogens is 1. The van der Waals surface area contributed by atoms with Crippen molar-refractivity contribution < 1.29 is 13.2 Å². The molecule has 4 rings (SSSR count). The summed E-state index contributed by atoms with van der Waals surface area (Å²) in [6.07, 6.45) is 2.80. The molecule has 0 heterocycles. The maximum Gasteiger partial charge on any atom is 0.264 e. The Bertz CT molecular complexity index is 1270. The van der Waals surface area contributed by atoms with E-state index in [4.69, 9.17) is 11.6 Å². The van der Waals surface area contributed by atoms with Gasteiger partial charge in [0.25, 0.3) is 10.0 Å². The number of nitrogens with zero attached hydrogens (tertiary/aromatic N) is 1. The third-order valence-corrected chi connectivity index (χ3v) is 8.21. The molecule has 3 aromatic carbocycles. The van der Waals surface area contributed by atoms with Crippen LogP contribution in [0.1, 0.15) is 41.1 Å². The third-order valence-electron chi connectivity index (χ3n) is 6.17. The summed E-state index contributed by atoms with van der Waals surface area (Å²) in [5.41, 5.74) is 4.78. The van der Waals surface area contributed by atoms with Gasteiger partial charge in [-0.05, 0) is 91.8 Å². The van der Waals surface area contributed by atoms with E-state index in [-0.39, 0.29) is 23.4 Å². The summed E-state index contributed by atoms with van der Waals surface area (Å²) in [5.74, 6) is -0.340. The summed E-state index contributed by atoms with van der Waals surface area (Å²) in [6, 6.07) is 19.3. The van der Waals surface area contributed by atoms with Crippen molar-refractivity contribution in [3.05, 3.63) is 94.0 Å². The molecule has 1 aliphatic carbocycles. The van der Waals surface area contributed by atoms with Gasteiger partial charge in [-0.3, -0.25) is 9.10 Å². The fourth-order valence-electron chi connectivity index (χ4n) is 4.20. The predicted molar refractivity (Wildman–Crippen MR) is 132 cm³/mol. The molecule has 0 aromatic heterocycles. The quantitative estimate of drug-likeness (QED) is 0.515. The minimum absolute atomic E-state index is 0.0842. The molecule has 7 heteroatoms. The summed E-state index contributed by atoms with van der Waals surface area (Å²) >= 11 is 5.96. The smallest absolute Gasteiger partial charge is 0.264 e. The zero-order chi connectivity index (χ0) is 23.6. The van der Waals surface area contributed by atoms with Gasteiger partial charge >= 0.3 is 0 Å². The standard InChI is InChI=1S/C26H27ClN2O3S/c1-18-10-13-22(16-19(18)2)29(33(31,32)23-14-11-21(27)12-15-23)17-26(30)28-25-9-5-7-20-6-3-4-8-24(20)25/h3-4,6,8,10-16,25H,5,7,9,17H2,1-2H3,(H,28,30)/t25-/m1/s1. The maximum absolute atomic E-state index is 13.6. The minimum atomic E-state index is -3.98. The molecule has 0 unspecified atom stereocenters. The predicted octanol–water partition coefficient (Wildman–Crippen LogP) is 5.35. The van der Waals surface area contributed by atoms with E-state index in [2.05, 4.69) is 11.4 Å². The summed E-state index contributed by atoms with van der Waals surface area (Å²) < 4.78 is 28.3. The zero-order valence-corrected chi connectivity index (χ0v) is 20.3. The van der Waals surface area contributed by atoms with Crippen molar-refractivity contribution in [3.8, 4) is 0 Å². The lowest BCUT2D eigenvalue weighted by molar-refractivity contribution is -0.120. The van der Waals surface area contributed by atoms with Crippen LogP contribution in [0.4, 0.5) is 5.69 Å². The van der Waals surface area contributed by atoms with Gasteiger partial charge in [-0.1, -0.05) is 41.9 Å². The first-order valence-electron chi connectivity index (χ1n) is 11.0. The summed E-state index contributed by atoms with van der Waals surface area (Å²) in [5, 5.41) is 3.51. The Kier molecular flexibility index (Phi) is 6.77. The number of rotatable bonds is 6. The van der Waals surface area contributed by atoms with Crippen molar-refractivity contribution in [3.63, 3.8) is 0 Å². The molecule has 1 amide bonds. The Morgan fingerprint density at radius 1 is 1.03 bits per heavy atom. The molecular formula is C26H27ClN2O3S. The minimum Gasteiger partial charge on any atom is -0.348 e. The Hall–Kier alpha value is -2.83. The van der Waals surface area contributed by atoms with Gasteiger partial charge in [0.1, 0.15) is 6.54 Å². The first-order valence-corrected chi connectivity index (χ1v) is 12.8. The van der Waals surface area contributed by atoms with Gasteiger partial charge in [0.05, 0.1) is 16.6 Å². The van der Waals surface area contributed by atoms with Crippen molar-refractivity contribution >= 4 is 33.2 Å². The number of nitrogens with one attached hydrogen (secondary N) is 1. The lowest BCUT2D eigenvalue weighted by atomic mass is 9.88. The number of amides is 1. The van der Waals surface area contributed by atoms with Gasteiger partial charge in [0.2, 0.25) is 5.91 Å². The highest BCUT2D eigenvalue weighted by Gasteiger charge is 2.29. The highest BCUT2D eigenvalue weighted by molar-refractivity contribution is 7.92. The van der Waals surface area contributed by atoms with Crippen LogP contribution < -0.4 is 9.62 Å². The molecule has 0 fully saturated rings. The molecule has 0 aliphatic heterocycles. The SMILES string of the molecule is Cc1ccc(N(CC(=O)N[C@@H]2CCCc3ccccc32)S(=O)(=O)c2ccc(Cl)cc2)cc1C. The van der Waals surface area contributed by atoms with Gasteiger partial charge in [-0.25, -0.2) is 8.42 Å². The summed E-state index contributed by atoms with van der Waals surface area (Å²) in [4.78, 5) is 13.2. The molecule has 172 valence electrons. The maximum atomic E-state index is 13.6. The molecule has 33 heavy (non-hydrogen) atoms. The van der Waals surface area contributed by atoms with E-state index in [1.807, 2.05) is 38.1 Å². The topological polar surface area (TPSA) is 66.5 Å². The lowest BCUT2D eigenvalue weighted by Gasteiger charge is -2.29. The fraction of sp³-hybridized carbons (Fsp3) is 0.269. The molecule has 1 atom stereocenters. The van der Waals surface area contributed by atoms with E-state index in [1.54, 1.807) is 12.1 Å². The number of carbonyl (C=O) groups excluding carboxylic acids is 1. The van der Waals surface area contributed by atoms with Crippen LogP contribution in [0.5, 0.6) is 0 Å². The Morgan fingerprint density at radius 2 is 1.76 bits per heavy atom. The van der Waals surface area contributed by atoms with Crippen LogP contribution in [0.3, 0.4) is 0 Å². The van der Waals surface area contributed by atoms with Crippen LogP contribution in [0.15, 0.2) is 71.6 Å². The Labute approximate surface area is 200 Å². The normalized spacial score (nSPS) is 15.5. The van der Waals surface area contributed by atoms with E-state index >= 15 is 0 Å². The molecule has 3 aromatic rings. The molecule has 0 saturated carbocycles. The van der Waals surface area contributed by atoms with Gasteiger partial charge in [-0.2, -0.15) is 0 Å². The van der Waals surface area contributed by atoms with Gasteiger partial charge in [0.15, 0.2) is 0 Å². The fourth-order valence-corrected chi connectivity index (χ4v) is 5.74. The second-order valence-electron chi connectivity index (χ2n) is 8.45. The van der Waals surface area contributed by atoms with Crippen LogP contribution >= 0.6 is 11.6 Å². The number of aryl methyl sites for hydroxylation is 3. The molecule has 0 bridgehead atoms. The number of carbonyl (C=O) groups is 1. The van der Waals surface area contributed by atoms with E-state index < -0.39 is 10.0 Å². The molecule has 0 radical (unpaired) electrons. The molecule has 0 spiro atoms. The number of sulfonamides is 1. The highest BCUT2D eigenvalue weighted by Crippen LogP contribution is 2.30. The lowest BCUT2D eigenvalue weighted by Crippen LogP contribution is -2.42. The number of anilines is 1. The Morgan fingerprint density at radius 3 is 2.48 bits per heavy atom. The second kappa shape index (κ2) is 9.57. The van der Waals surface area contributed by atoms with Crippen molar-refractivity contribution in [1.29, 1.82) is 0 Å². The van der Waals surface area contributed by atoms with E-state index in [1.165, 1.54) is 34.1 Å². The van der Waals surface area contributed by atoms with E-state index in [9.17, 15) is 13.2 Å². The van der Waals surface area contributed by atoms with Crippen molar-refractivity contribution in [1.82, 2.24) is 5.32 Å². The Balaban J connectivity index is 1.65. The second-order valence-corrected chi connectivity index (χ2v) is 10.7. The summed E-state index contributed by atoms with van der Waals surface area (Å²) in [7, 11) is -3.98. The molecule has 1 aliphatic rings. The molecule has 1 N–H and O–H groups in total. The average Bonchev–Trinajstić information content (AvgIpc) is 2.80. The monoisotopic (exact) mass is 482 g/mol. The number of hydrogen-bond acceptors (Lipinski definition) is 3. The third kappa shape index (κ3) is 5.07. The van der Waals surface area contributed by atoms with Crippen LogP contribution in [0, 0.1) is 13.8 Å². The van der Waals surface area contributed by atoms with Crippen LogP contribution in [-0.2, 0) is 21.2 Å². The van der Waals surface area contributed by atoms with Crippen LogP contribution in [-0.4, -0.2) is 20.9 Å². The first kappa shape index (κ1) is 23.3. The van der Waals surface area contributed by atoms with Crippen molar-refractivity contribution in [2.75, 3.05) is 10.8 Å². The zero-order valence-electron chi connectivity index (χ0n) is 18.7. The van der Waals surface area contributed by atoms with Gasteiger partial charge in [-0.15, -0.1) is 0 Å². The highest BCUT2D eigenvalue weighted by atomic mass is 35.5.